The summed E-state index contributed by atoms with van der Waals surface area (Å²) in [5.41, 5.74) is 2.51. The van der Waals surface area contributed by atoms with Gasteiger partial charge in [0.2, 0.25) is 0 Å². The summed E-state index contributed by atoms with van der Waals surface area (Å²) >= 11 is 0. The lowest BCUT2D eigenvalue weighted by Gasteiger charge is -2.39. The van der Waals surface area contributed by atoms with E-state index in [0.717, 1.165) is 18.4 Å². The van der Waals surface area contributed by atoms with Crippen molar-refractivity contribution in [1.29, 1.82) is 0 Å². The predicted octanol–water partition coefficient (Wildman–Crippen LogP) is 3.12. The third-order valence-electron chi connectivity index (χ3n) is 6.06. The molecule has 2 unspecified atom stereocenters. The van der Waals surface area contributed by atoms with E-state index in [1.54, 1.807) is 24.7 Å². The summed E-state index contributed by atoms with van der Waals surface area (Å²) in [7, 11) is 1.37. The van der Waals surface area contributed by atoms with Crippen molar-refractivity contribution in [2.45, 2.75) is 45.2 Å². The van der Waals surface area contributed by atoms with Crippen LogP contribution in [0, 0.1) is 0 Å². The number of hydrogen-bond donors (Lipinski definition) is 1. The van der Waals surface area contributed by atoms with Gasteiger partial charge in [0.05, 0.1) is 30.8 Å². The molecule has 0 radical (unpaired) electrons. The van der Waals surface area contributed by atoms with E-state index in [9.17, 15) is 9.59 Å². The molecule has 1 N–H and O–H groups in total. The molecule has 4 rings (SSSR count). The summed E-state index contributed by atoms with van der Waals surface area (Å²) in [6.45, 7) is 4.53. The van der Waals surface area contributed by atoms with Gasteiger partial charge in [0, 0.05) is 24.8 Å². The molecule has 1 amide bonds. The third-order valence-corrected chi connectivity index (χ3v) is 6.06. The van der Waals surface area contributed by atoms with Crippen LogP contribution in [0.1, 0.15) is 53.0 Å². The number of esters is 1. The van der Waals surface area contributed by atoms with Gasteiger partial charge in [0.25, 0.3) is 5.91 Å². The van der Waals surface area contributed by atoms with Crippen LogP contribution in [0.3, 0.4) is 0 Å². The van der Waals surface area contributed by atoms with Gasteiger partial charge in [-0.3, -0.25) is 4.79 Å². The predicted molar refractivity (Wildman–Crippen MR) is 123 cm³/mol. The monoisotopic (exact) mass is 448 g/mol. The molecule has 3 heterocycles. The fourth-order valence-electron chi connectivity index (χ4n) is 4.26. The summed E-state index contributed by atoms with van der Waals surface area (Å²) in [6, 6.07) is 9.18. The highest BCUT2D eigenvalue weighted by molar-refractivity contribution is 5.98. The molecule has 9 heteroatoms. The number of piperidine rings is 1. The van der Waals surface area contributed by atoms with Crippen molar-refractivity contribution in [3.05, 3.63) is 65.6 Å². The van der Waals surface area contributed by atoms with Gasteiger partial charge in [-0.15, -0.1) is 0 Å². The summed E-state index contributed by atoms with van der Waals surface area (Å²) < 4.78 is 4.99. The summed E-state index contributed by atoms with van der Waals surface area (Å²) in [4.78, 5) is 33.8. The Morgan fingerprint density at radius 1 is 1.12 bits per heavy atom. The van der Waals surface area contributed by atoms with E-state index < -0.39 is 5.97 Å². The van der Waals surface area contributed by atoms with Crippen LogP contribution in [0.4, 0.5) is 5.82 Å². The highest BCUT2D eigenvalue weighted by Crippen LogP contribution is 2.26. The number of carbonyl (C=O) groups excluding carboxylic acids is 2. The maximum Gasteiger partial charge on any atom is 0.341 e. The van der Waals surface area contributed by atoms with Gasteiger partial charge in [-0.05, 0) is 49.9 Å². The molecule has 0 saturated carbocycles. The van der Waals surface area contributed by atoms with E-state index in [4.69, 9.17) is 4.74 Å². The first-order chi connectivity index (χ1) is 16.0. The van der Waals surface area contributed by atoms with Crippen LogP contribution < -0.4 is 5.32 Å². The number of anilines is 1. The number of amides is 1. The van der Waals surface area contributed by atoms with Gasteiger partial charge < -0.3 is 15.0 Å². The average Bonchev–Trinajstić information content (AvgIpc) is 3.39. The lowest BCUT2D eigenvalue weighted by Crippen LogP contribution is -2.50. The molecule has 9 nitrogen and oxygen atoms in total. The normalized spacial score (nSPS) is 18.1. The second-order valence-electron chi connectivity index (χ2n) is 8.10. The number of para-hydroxylation sites is 1. The van der Waals surface area contributed by atoms with E-state index in [1.807, 2.05) is 36.1 Å². The first kappa shape index (κ1) is 22.4. The van der Waals surface area contributed by atoms with Gasteiger partial charge in [-0.1, -0.05) is 19.1 Å². The molecule has 1 aliphatic heterocycles. The zero-order valence-corrected chi connectivity index (χ0v) is 19.1. The number of aryl methyl sites for hydroxylation is 1. The molecule has 2 aromatic heterocycles. The lowest BCUT2D eigenvalue weighted by atomic mass is 9.97. The van der Waals surface area contributed by atoms with Crippen molar-refractivity contribution in [2.75, 3.05) is 19.0 Å². The van der Waals surface area contributed by atoms with Crippen LogP contribution in [0.5, 0.6) is 0 Å². The number of nitrogens with zero attached hydrogens (tertiary/aromatic N) is 5. The molecule has 0 spiro atoms. The number of ether oxygens (including phenoxy) is 1. The van der Waals surface area contributed by atoms with Gasteiger partial charge >= 0.3 is 5.97 Å². The standard InChI is InChI=1S/C24H28N6O3/c1-4-17-11-12-25-22(21(17)24(32)33-3)28-18-10-9-16(2)29(15-18)23(31)19-7-5-6-8-20(19)30-26-13-14-27-30/h5-8,11-14,16,18H,4,9-10,15H2,1-3H3,(H,25,28). The molecule has 1 aromatic carbocycles. The maximum absolute atomic E-state index is 13.6. The Morgan fingerprint density at radius 2 is 1.88 bits per heavy atom. The van der Waals surface area contributed by atoms with Crippen LogP contribution in [0.15, 0.2) is 48.9 Å². The van der Waals surface area contributed by atoms with Crippen molar-refractivity contribution in [2.24, 2.45) is 0 Å². The number of hydrogen-bond acceptors (Lipinski definition) is 7. The maximum atomic E-state index is 13.6. The number of likely N-dealkylation sites (tertiary alicyclic amines) is 1. The Balaban J connectivity index is 1.58. The second-order valence-corrected chi connectivity index (χ2v) is 8.10. The number of aromatic nitrogens is 4. The fraction of sp³-hybridized carbons (Fsp3) is 0.375. The van der Waals surface area contributed by atoms with E-state index in [1.165, 1.54) is 11.9 Å². The largest absolute Gasteiger partial charge is 0.465 e. The Morgan fingerprint density at radius 3 is 2.61 bits per heavy atom. The number of methoxy groups -OCH3 is 1. The van der Waals surface area contributed by atoms with Crippen LogP contribution in [-0.2, 0) is 11.2 Å². The minimum absolute atomic E-state index is 0.0526. The topological polar surface area (TPSA) is 102 Å². The Kier molecular flexibility index (Phi) is 6.67. The van der Waals surface area contributed by atoms with Crippen LogP contribution in [-0.4, -0.2) is 62.5 Å². The van der Waals surface area contributed by atoms with Crippen LogP contribution in [0.25, 0.3) is 5.69 Å². The molecular weight excluding hydrogens is 420 g/mol. The number of pyridine rings is 1. The first-order valence-corrected chi connectivity index (χ1v) is 11.1. The number of benzene rings is 1. The van der Waals surface area contributed by atoms with Crippen molar-refractivity contribution in [3.63, 3.8) is 0 Å². The van der Waals surface area contributed by atoms with Gasteiger partial charge in [0.1, 0.15) is 11.4 Å². The zero-order valence-electron chi connectivity index (χ0n) is 19.1. The lowest BCUT2D eigenvalue weighted by molar-refractivity contribution is 0.0593. The average molecular weight is 449 g/mol. The van der Waals surface area contributed by atoms with Crippen molar-refractivity contribution < 1.29 is 14.3 Å². The Hall–Kier alpha value is -3.75. The number of rotatable bonds is 6. The van der Waals surface area contributed by atoms with Crippen LogP contribution in [0.2, 0.25) is 0 Å². The van der Waals surface area contributed by atoms with E-state index >= 15 is 0 Å². The molecule has 0 aliphatic carbocycles. The minimum atomic E-state index is -0.416. The fourth-order valence-corrected chi connectivity index (χ4v) is 4.26. The molecular formula is C24H28N6O3. The Labute approximate surface area is 192 Å². The molecule has 1 fully saturated rings. The smallest absolute Gasteiger partial charge is 0.341 e. The Bertz CT molecular complexity index is 1130. The SMILES string of the molecule is CCc1ccnc(NC2CCC(C)N(C(=O)c3ccccc3-n3nccn3)C2)c1C(=O)OC. The quantitative estimate of drug-likeness (QED) is 0.578. The second kappa shape index (κ2) is 9.81. The van der Waals surface area contributed by atoms with Gasteiger partial charge in [-0.25, -0.2) is 9.78 Å². The number of nitrogens with one attached hydrogen (secondary N) is 1. The molecule has 33 heavy (non-hydrogen) atoms. The summed E-state index contributed by atoms with van der Waals surface area (Å²) in [6.07, 6.45) is 7.22. The third kappa shape index (κ3) is 4.57. The van der Waals surface area contributed by atoms with E-state index in [-0.39, 0.29) is 18.0 Å². The summed E-state index contributed by atoms with van der Waals surface area (Å²) in [5.74, 6) is -0.000127. The van der Waals surface area contributed by atoms with Crippen molar-refractivity contribution >= 4 is 17.7 Å². The van der Waals surface area contributed by atoms with Crippen LogP contribution >= 0.6 is 0 Å². The minimum Gasteiger partial charge on any atom is -0.465 e. The highest BCUT2D eigenvalue weighted by atomic mass is 16.5. The molecule has 3 aromatic rings. The molecule has 172 valence electrons. The van der Waals surface area contributed by atoms with E-state index in [0.29, 0.717) is 35.6 Å². The van der Waals surface area contributed by atoms with Gasteiger partial charge in [0.15, 0.2) is 0 Å². The summed E-state index contributed by atoms with van der Waals surface area (Å²) in [5, 5.41) is 11.8. The first-order valence-electron chi connectivity index (χ1n) is 11.1. The number of carbonyl (C=O) groups is 2. The molecule has 2 atom stereocenters. The molecule has 0 bridgehead atoms. The molecule has 1 aliphatic rings. The molecule has 1 saturated heterocycles. The van der Waals surface area contributed by atoms with Crippen molar-refractivity contribution in [3.8, 4) is 5.69 Å². The zero-order chi connectivity index (χ0) is 23.4. The van der Waals surface area contributed by atoms with Crippen molar-refractivity contribution in [1.82, 2.24) is 24.9 Å². The van der Waals surface area contributed by atoms with E-state index in [2.05, 4.69) is 27.4 Å². The highest BCUT2D eigenvalue weighted by Gasteiger charge is 2.32. The van der Waals surface area contributed by atoms with Gasteiger partial charge in [-0.2, -0.15) is 15.0 Å².